The van der Waals surface area contributed by atoms with Crippen LogP contribution in [0.25, 0.3) is 0 Å². The molecule has 2 aliphatic heterocycles. The maximum atomic E-state index is 14.2. The van der Waals surface area contributed by atoms with Gasteiger partial charge in [-0.3, -0.25) is 20.1 Å². The first kappa shape index (κ1) is 23.0. The molecular weight excluding hydrogens is 427 g/mol. The second-order valence-electron chi connectivity index (χ2n) is 10.1. The van der Waals surface area contributed by atoms with E-state index in [4.69, 9.17) is 4.99 Å². The van der Waals surface area contributed by atoms with Crippen molar-refractivity contribution in [1.29, 1.82) is 0 Å². The summed E-state index contributed by atoms with van der Waals surface area (Å²) in [4.78, 5) is 22.7. The van der Waals surface area contributed by atoms with Gasteiger partial charge in [0, 0.05) is 24.8 Å². The Kier molecular flexibility index (Phi) is 6.43. The van der Waals surface area contributed by atoms with Crippen molar-refractivity contribution in [3.05, 3.63) is 66.5 Å². The fraction of sp³-hybridized carbons (Fsp3) is 0.500. The van der Waals surface area contributed by atoms with E-state index in [0.717, 1.165) is 57.5 Å². The quantitative estimate of drug-likeness (QED) is 0.605. The van der Waals surface area contributed by atoms with Gasteiger partial charge in [-0.1, -0.05) is 50.6 Å². The van der Waals surface area contributed by atoms with Gasteiger partial charge in [-0.2, -0.15) is 0 Å². The van der Waals surface area contributed by atoms with Gasteiger partial charge in [0.1, 0.15) is 17.2 Å². The number of halogens is 1. The molecule has 5 nitrogen and oxygen atoms in total. The molecule has 1 aromatic carbocycles. The van der Waals surface area contributed by atoms with E-state index in [1.54, 1.807) is 11.0 Å². The van der Waals surface area contributed by atoms with Crippen molar-refractivity contribution in [2.24, 2.45) is 4.99 Å². The minimum atomic E-state index is -0.548. The average Bonchev–Trinajstić information content (AvgIpc) is 3.39. The predicted molar refractivity (Wildman–Crippen MR) is 136 cm³/mol. The van der Waals surface area contributed by atoms with Gasteiger partial charge in [-0.15, -0.1) is 0 Å². The molecule has 6 heteroatoms. The SMILES string of the molecule is C=CC1=C(C=C)CC(N2CCC3(CC2)C(=NC2CCCCC2)NC(=O)N3c2cccc(F)c2)C1. The number of carbonyl (C=O) groups excluding carboxylic acids is 1. The Hall–Kier alpha value is -2.73. The molecule has 0 bridgehead atoms. The zero-order chi connectivity index (χ0) is 23.7. The van der Waals surface area contributed by atoms with Gasteiger partial charge in [0.25, 0.3) is 0 Å². The van der Waals surface area contributed by atoms with Crippen LogP contribution in [-0.2, 0) is 0 Å². The number of anilines is 1. The summed E-state index contributed by atoms with van der Waals surface area (Å²) in [5.41, 5.74) is 2.64. The summed E-state index contributed by atoms with van der Waals surface area (Å²) in [6, 6.07) is 6.89. The molecule has 0 atom stereocenters. The molecule has 4 aliphatic rings. The lowest BCUT2D eigenvalue weighted by Crippen LogP contribution is -2.58. The van der Waals surface area contributed by atoms with Crippen molar-refractivity contribution in [3.8, 4) is 0 Å². The van der Waals surface area contributed by atoms with E-state index >= 15 is 0 Å². The third kappa shape index (κ3) is 4.13. The molecule has 34 heavy (non-hydrogen) atoms. The number of urea groups is 1. The van der Waals surface area contributed by atoms with Crippen molar-refractivity contribution < 1.29 is 9.18 Å². The summed E-state index contributed by atoms with van der Waals surface area (Å²) in [6.45, 7) is 9.69. The van der Waals surface area contributed by atoms with Crippen LogP contribution < -0.4 is 10.2 Å². The fourth-order valence-electron chi connectivity index (χ4n) is 6.35. The normalized spacial score (nSPS) is 25.4. The molecule has 0 aromatic heterocycles. The molecule has 0 unspecified atom stereocenters. The summed E-state index contributed by atoms with van der Waals surface area (Å²) < 4.78 is 14.2. The summed E-state index contributed by atoms with van der Waals surface area (Å²) in [5.74, 6) is 0.456. The molecule has 5 rings (SSSR count). The largest absolute Gasteiger partial charge is 0.328 e. The maximum absolute atomic E-state index is 14.2. The monoisotopic (exact) mass is 462 g/mol. The summed E-state index contributed by atoms with van der Waals surface area (Å²) in [6.07, 6.45) is 13.2. The second kappa shape index (κ2) is 9.49. The van der Waals surface area contributed by atoms with Gasteiger partial charge in [0.15, 0.2) is 0 Å². The Balaban J connectivity index is 1.42. The van der Waals surface area contributed by atoms with Crippen LogP contribution in [0.2, 0.25) is 0 Å². The lowest BCUT2D eigenvalue weighted by atomic mass is 9.84. The Labute approximate surface area is 202 Å². The van der Waals surface area contributed by atoms with E-state index in [1.807, 2.05) is 18.2 Å². The van der Waals surface area contributed by atoms with Gasteiger partial charge >= 0.3 is 6.03 Å². The average molecular weight is 463 g/mol. The highest BCUT2D eigenvalue weighted by molar-refractivity contribution is 6.19. The molecule has 0 radical (unpaired) electrons. The Morgan fingerprint density at radius 2 is 1.74 bits per heavy atom. The van der Waals surface area contributed by atoms with Crippen molar-refractivity contribution >= 4 is 17.6 Å². The molecular formula is C28H35FN4O. The zero-order valence-corrected chi connectivity index (χ0v) is 19.9. The minimum absolute atomic E-state index is 0.195. The van der Waals surface area contributed by atoms with E-state index in [2.05, 4.69) is 23.4 Å². The number of amides is 2. The Bertz CT molecular complexity index is 1010. The molecule has 2 amide bonds. The number of rotatable bonds is 5. The lowest BCUT2D eigenvalue weighted by molar-refractivity contribution is 0.142. The van der Waals surface area contributed by atoms with Crippen LogP contribution in [0, 0.1) is 5.82 Å². The highest BCUT2D eigenvalue weighted by atomic mass is 19.1. The van der Waals surface area contributed by atoms with E-state index in [1.165, 1.54) is 42.5 Å². The standard InChI is InChI=1S/C28H35FN4O/c1-3-20-17-25(18-21(20)4-2)32-15-13-28(14-16-32)26(30-23-10-6-5-7-11-23)31-27(34)33(28)24-12-8-9-22(29)19-24/h3-4,8-9,12,19,23,25H,1-2,5-7,10-11,13-18H2,(H,30,31,34). The van der Waals surface area contributed by atoms with E-state index in [-0.39, 0.29) is 17.9 Å². The third-order valence-corrected chi connectivity index (χ3v) is 8.21. The highest BCUT2D eigenvalue weighted by Gasteiger charge is 2.53. The van der Waals surface area contributed by atoms with E-state index < -0.39 is 5.54 Å². The number of likely N-dealkylation sites (tertiary alicyclic amines) is 1. The van der Waals surface area contributed by atoms with E-state index in [9.17, 15) is 9.18 Å². The zero-order valence-electron chi connectivity index (χ0n) is 19.9. The fourth-order valence-corrected chi connectivity index (χ4v) is 6.35. The molecule has 1 N–H and O–H groups in total. The first-order valence-corrected chi connectivity index (χ1v) is 12.7. The number of allylic oxidation sites excluding steroid dienone is 2. The number of hydrogen-bond donors (Lipinski definition) is 1. The van der Waals surface area contributed by atoms with Crippen LogP contribution in [0.15, 0.2) is 65.7 Å². The number of nitrogens with one attached hydrogen (secondary N) is 1. The van der Waals surface area contributed by atoms with Crippen LogP contribution in [0.1, 0.15) is 57.8 Å². The number of piperidine rings is 1. The molecule has 2 aliphatic carbocycles. The molecule has 2 saturated heterocycles. The Morgan fingerprint density at radius 3 is 2.35 bits per heavy atom. The van der Waals surface area contributed by atoms with E-state index in [0.29, 0.717) is 11.7 Å². The first-order valence-electron chi connectivity index (χ1n) is 12.7. The van der Waals surface area contributed by atoms with Crippen LogP contribution in [0.4, 0.5) is 14.9 Å². The highest BCUT2D eigenvalue weighted by Crippen LogP contribution is 2.41. The molecule has 1 saturated carbocycles. The van der Waals surface area contributed by atoms with Gasteiger partial charge in [-0.05, 0) is 67.9 Å². The number of hydrogen-bond acceptors (Lipinski definition) is 3. The number of aliphatic imine (C=N–C) groups is 1. The minimum Gasteiger partial charge on any atom is -0.300 e. The van der Waals surface area contributed by atoms with Crippen LogP contribution in [-0.4, -0.2) is 47.5 Å². The summed E-state index contributed by atoms with van der Waals surface area (Å²) in [7, 11) is 0. The molecule has 1 spiro atoms. The van der Waals surface area contributed by atoms with Gasteiger partial charge in [-0.25, -0.2) is 9.18 Å². The topological polar surface area (TPSA) is 47.9 Å². The number of benzene rings is 1. The number of carbonyl (C=O) groups is 1. The Morgan fingerprint density at radius 1 is 1.06 bits per heavy atom. The second-order valence-corrected chi connectivity index (χ2v) is 10.1. The lowest BCUT2D eigenvalue weighted by Gasteiger charge is -2.45. The molecule has 3 fully saturated rings. The van der Waals surface area contributed by atoms with Crippen molar-refractivity contribution in [2.45, 2.75) is 75.4 Å². The smallest absolute Gasteiger partial charge is 0.300 e. The first-order chi connectivity index (χ1) is 16.5. The van der Waals surface area contributed by atoms with Crippen molar-refractivity contribution in [3.63, 3.8) is 0 Å². The van der Waals surface area contributed by atoms with Crippen LogP contribution in [0.5, 0.6) is 0 Å². The van der Waals surface area contributed by atoms with Crippen LogP contribution in [0.3, 0.4) is 0 Å². The van der Waals surface area contributed by atoms with Gasteiger partial charge in [0.2, 0.25) is 0 Å². The summed E-state index contributed by atoms with van der Waals surface area (Å²) >= 11 is 0. The molecule has 1 aromatic rings. The van der Waals surface area contributed by atoms with Crippen molar-refractivity contribution in [1.82, 2.24) is 10.2 Å². The maximum Gasteiger partial charge on any atom is 0.328 e. The van der Waals surface area contributed by atoms with Crippen LogP contribution >= 0.6 is 0 Å². The van der Waals surface area contributed by atoms with Gasteiger partial charge in [0.05, 0.1) is 6.04 Å². The summed E-state index contributed by atoms with van der Waals surface area (Å²) in [5, 5.41) is 3.11. The predicted octanol–water partition coefficient (Wildman–Crippen LogP) is 5.75. The molecule has 180 valence electrons. The number of nitrogens with zero attached hydrogens (tertiary/aromatic N) is 3. The number of amidine groups is 1. The molecule has 2 heterocycles. The van der Waals surface area contributed by atoms with Gasteiger partial charge < -0.3 is 0 Å². The third-order valence-electron chi connectivity index (χ3n) is 8.21. The van der Waals surface area contributed by atoms with Crippen molar-refractivity contribution in [2.75, 3.05) is 18.0 Å².